The summed E-state index contributed by atoms with van der Waals surface area (Å²) >= 11 is 0. The second kappa shape index (κ2) is 6.66. The van der Waals surface area contributed by atoms with E-state index in [1.165, 1.54) is 12.8 Å². The molecule has 2 aliphatic heterocycles. The molecule has 1 N–H and O–H groups in total. The van der Waals surface area contributed by atoms with Crippen LogP contribution in [0.15, 0.2) is 0 Å². The van der Waals surface area contributed by atoms with E-state index >= 15 is 0 Å². The van der Waals surface area contributed by atoms with Crippen LogP contribution in [0.1, 0.15) is 57.8 Å². The van der Waals surface area contributed by atoms with Crippen molar-refractivity contribution in [2.24, 2.45) is 17.8 Å². The van der Waals surface area contributed by atoms with Crippen LogP contribution in [0.5, 0.6) is 0 Å². The van der Waals surface area contributed by atoms with Gasteiger partial charge in [0.15, 0.2) is 0 Å². The Hall–Kier alpha value is -0.610. The molecule has 0 aromatic rings. The lowest BCUT2D eigenvalue weighted by Crippen LogP contribution is -2.47. The first-order chi connectivity index (χ1) is 10.2. The Kier molecular flexibility index (Phi) is 4.85. The van der Waals surface area contributed by atoms with Crippen molar-refractivity contribution in [2.75, 3.05) is 19.8 Å². The maximum atomic E-state index is 11.7. The van der Waals surface area contributed by atoms with Crippen LogP contribution in [0.25, 0.3) is 0 Å². The fraction of sp³-hybridized carbons (Fsp3) is 0.941. The molecule has 0 bridgehead atoms. The average molecular weight is 296 g/mol. The van der Waals surface area contributed by atoms with Crippen LogP contribution in [0.4, 0.5) is 0 Å². The molecule has 1 saturated carbocycles. The first-order valence-corrected chi connectivity index (χ1v) is 8.65. The summed E-state index contributed by atoms with van der Waals surface area (Å²) in [5.74, 6) is 0.173. The van der Waals surface area contributed by atoms with Gasteiger partial charge in [0, 0.05) is 19.8 Å². The van der Waals surface area contributed by atoms with E-state index in [9.17, 15) is 9.90 Å². The number of hydrogen-bond acceptors (Lipinski definition) is 3. The molecular weight excluding hydrogens is 268 g/mol. The number of rotatable bonds is 2. The van der Waals surface area contributed by atoms with Gasteiger partial charge < -0.3 is 14.6 Å². The molecule has 3 atom stereocenters. The second-order valence-corrected chi connectivity index (χ2v) is 7.14. The Morgan fingerprint density at radius 3 is 2.52 bits per heavy atom. The molecule has 0 amide bonds. The highest BCUT2D eigenvalue weighted by Gasteiger charge is 2.44. The van der Waals surface area contributed by atoms with Gasteiger partial charge in [0.1, 0.15) is 0 Å². The van der Waals surface area contributed by atoms with Gasteiger partial charge in [-0.3, -0.25) is 4.79 Å². The summed E-state index contributed by atoms with van der Waals surface area (Å²) in [5.41, 5.74) is -0.0173. The molecule has 0 aromatic carbocycles. The molecule has 1 aliphatic carbocycles. The zero-order valence-corrected chi connectivity index (χ0v) is 12.9. The first-order valence-electron chi connectivity index (χ1n) is 8.65. The Morgan fingerprint density at radius 2 is 1.76 bits per heavy atom. The van der Waals surface area contributed by atoms with E-state index in [1.807, 2.05) is 0 Å². The highest BCUT2D eigenvalue weighted by atomic mass is 16.5. The van der Waals surface area contributed by atoms with Crippen LogP contribution < -0.4 is 0 Å². The van der Waals surface area contributed by atoms with Gasteiger partial charge in [-0.2, -0.15) is 0 Å². The van der Waals surface area contributed by atoms with Gasteiger partial charge in [-0.25, -0.2) is 0 Å². The normalized spacial score (nSPS) is 37.0. The zero-order chi connectivity index (χ0) is 14.7. The van der Waals surface area contributed by atoms with Gasteiger partial charge in [-0.1, -0.05) is 19.3 Å². The molecule has 4 heteroatoms. The van der Waals surface area contributed by atoms with Crippen molar-refractivity contribution in [1.29, 1.82) is 0 Å². The van der Waals surface area contributed by atoms with E-state index in [-0.39, 0.29) is 11.5 Å². The summed E-state index contributed by atoms with van der Waals surface area (Å²) in [5, 5.41) is 9.61. The zero-order valence-electron chi connectivity index (χ0n) is 12.9. The Morgan fingerprint density at radius 1 is 1.00 bits per heavy atom. The quantitative estimate of drug-likeness (QED) is 0.795. The lowest BCUT2D eigenvalue weighted by Gasteiger charge is -2.46. The van der Waals surface area contributed by atoms with Crippen LogP contribution in [-0.4, -0.2) is 36.5 Å². The smallest absolute Gasteiger partial charge is 0.306 e. The number of carboxylic acids is 1. The maximum absolute atomic E-state index is 11.7. The molecule has 0 aromatic heterocycles. The van der Waals surface area contributed by atoms with E-state index < -0.39 is 5.97 Å². The summed E-state index contributed by atoms with van der Waals surface area (Å²) in [7, 11) is 0. The van der Waals surface area contributed by atoms with E-state index in [1.54, 1.807) is 0 Å². The highest BCUT2D eigenvalue weighted by Crippen LogP contribution is 2.45. The lowest BCUT2D eigenvalue weighted by molar-refractivity contribution is -0.161. The molecular formula is C17H28O4. The van der Waals surface area contributed by atoms with Gasteiger partial charge in [0.05, 0.1) is 11.5 Å². The largest absolute Gasteiger partial charge is 0.481 e. The number of aliphatic carboxylic acids is 1. The summed E-state index contributed by atoms with van der Waals surface area (Å²) in [4.78, 5) is 11.7. The van der Waals surface area contributed by atoms with Gasteiger partial charge in [-0.05, 0) is 50.4 Å². The third-order valence-corrected chi connectivity index (χ3v) is 5.93. The van der Waals surface area contributed by atoms with Crippen LogP contribution in [0.2, 0.25) is 0 Å². The molecule has 3 rings (SSSR count). The molecule has 2 saturated heterocycles. The number of carboxylic acid groups (broad SMARTS) is 1. The van der Waals surface area contributed by atoms with E-state index in [2.05, 4.69) is 0 Å². The van der Waals surface area contributed by atoms with Crippen molar-refractivity contribution >= 4 is 5.97 Å². The summed E-state index contributed by atoms with van der Waals surface area (Å²) in [6.45, 7) is 2.38. The molecule has 3 fully saturated rings. The molecule has 21 heavy (non-hydrogen) atoms. The van der Waals surface area contributed by atoms with E-state index in [0.717, 1.165) is 64.8 Å². The van der Waals surface area contributed by atoms with Crippen molar-refractivity contribution in [3.05, 3.63) is 0 Å². The fourth-order valence-electron chi connectivity index (χ4n) is 4.73. The van der Waals surface area contributed by atoms with Crippen molar-refractivity contribution in [3.8, 4) is 0 Å². The molecule has 4 nitrogen and oxygen atoms in total. The van der Waals surface area contributed by atoms with Crippen molar-refractivity contribution in [2.45, 2.75) is 63.4 Å². The number of carbonyl (C=O) groups is 1. The summed E-state index contributed by atoms with van der Waals surface area (Å²) < 4.78 is 11.6. The van der Waals surface area contributed by atoms with Gasteiger partial charge in [-0.15, -0.1) is 0 Å². The second-order valence-electron chi connectivity index (χ2n) is 7.14. The molecule has 3 unspecified atom stereocenters. The maximum Gasteiger partial charge on any atom is 0.306 e. The van der Waals surface area contributed by atoms with Crippen molar-refractivity contribution in [3.63, 3.8) is 0 Å². The van der Waals surface area contributed by atoms with Crippen molar-refractivity contribution in [1.82, 2.24) is 0 Å². The summed E-state index contributed by atoms with van der Waals surface area (Å²) in [6, 6.07) is 0. The monoisotopic (exact) mass is 296 g/mol. The Bertz CT molecular complexity index is 356. The highest BCUT2D eigenvalue weighted by molar-refractivity contribution is 5.70. The summed E-state index contributed by atoms with van der Waals surface area (Å²) in [6.07, 6.45) is 9.48. The third kappa shape index (κ3) is 3.42. The Labute approximate surface area is 127 Å². The van der Waals surface area contributed by atoms with E-state index in [4.69, 9.17) is 9.47 Å². The topological polar surface area (TPSA) is 55.8 Å². The Balaban J connectivity index is 1.72. The molecule has 2 heterocycles. The number of ether oxygens (including phenoxy) is 2. The molecule has 0 radical (unpaired) electrons. The predicted octanol–water partition coefficient (Wildman–Crippen LogP) is 3.24. The van der Waals surface area contributed by atoms with Crippen LogP contribution in [-0.2, 0) is 14.3 Å². The molecule has 3 aliphatic rings. The van der Waals surface area contributed by atoms with Crippen LogP contribution in [0, 0.1) is 17.8 Å². The standard InChI is InChI=1S/C17H28O4/c18-16(19)15-5-3-1-2-4-14(15)13-6-9-21-17(12-13)7-10-20-11-8-17/h13-15H,1-12H2,(H,18,19). The molecule has 1 spiro atoms. The van der Waals surface area contributed by atoms with E-state index in [0.29, 0.717) is 11.8 Å². The SMILES string of the molecule is O=C(O)C1CCCCCC1C1CCOC2(CCOCC2)C1. The number of hydrogen-bond donors (Lipinski definition) is 1. The van der Waals surface area contributed by atoms with Gasteiger partial charge in [0.2, 0.25) is 0 Å². The third-order valence-electron chi connectivity index (χ3n) is 5.93. The van der Waals surface area contributed by atoms with Gasteiger partial charge in [0.25, 0.3) is 0 Å². The molecule has 120 valence electrons. The minimum absolute atomic E-state index is 0.0173. The minimum Gasteiger partial charge on any atom is -0.481 e. The minimum atomic E-state index is -0.575. The fourth-order valence-corrected chi connectivity index (χ4v) is 4.73. The van der Waals surface area contributed by atoms with Gasteiger partial charge >= 0.3 is 5.97 Å². The van der Waals surface area contributed by atoms with Crippen LogP contribution >= 0.6 is 0 Å². The average Bonchev–Trinajstić information content (AvgIpc) is 2.74. The van der Waals surface area contributed by atoms with Crippen molar-refractivity contribution < 1.29 is 19.4 Å². The predicted molar refractivity (Wildman–Crippen MR) is 79.2 cm³/mol. The lowest BCUT2D eigenvalue weighted by atomic mass is 9.70. The first kappa shape index (κ1) is 15.3. The van der Waals surface area contributed by atoms with Crippen LogP contribution in [0.3, 0.4) is 0 Å².